The van der Waals surface area contributed by atoms with Gasteiger partial charge in [-0.15, -0.1) is 0 Å². The summed E-state index contributed by atoms with van der Waals surface area (Å²) in [5.41, 5.74) is -1.14. The summed E-state index contributed by atoms with van der Waals surface area (Å²) >= 11 is 0. The Morgan fingerprint density at radius 2 is 1.35 bits per heavy atom. The molecule has 2 heteroatoms. The smallest absolute Gasteiger partial charge is 0.0860 e. The second-order valence-corrected chi connectivity index (χ2v) is 6.59. The zero-order valence-corrected chi connectivity index (χ0v) is 11.2. The summed E-state index contributed by atoms with van der Waals surface area (Å²) in [6.45, 7) is 4.51. The standard InChI is InChI=1S/C15H25NO/c1-12-3-7-14(11-16,8-4-12)15(17)9-5-13(2)6-10-15/h12-13,17H,3-10H2,1-2H3. The molecule has 0 unspecified atom stereocenters. The highest BCUT2D eigenvalue weighted by Gasteiger charge is 2.52. The van der Waals surface area contributed by atoms with Crippen LogP contribution in [0.25, 0.3) is 0 Å². The van der Waals surface area contributed by atoms with Crippen molar-refractivity contribution in [1.29, 1.82) is 5.26 Å². The van der Waals surface area contributed by atoms with E-state index in [1.165, 1.54) is 0 Å². The van der Waals surface area contributed by atoms with Crippen molar-refractivity contribution in [3.05, 3.63) is 0 Å². The molecule has 2 aliphatic rings. The molecule has 0 bridgehead atoms. The number of nitriles is 1. The topological polar surface area (TPSA) is 44.0 Å². The maximum Gasteiger partial charge on any atom is 0.0860 e. The van der Waals surface area contributed by atoms with Gasteiger partial charge in [0.2, 0.25) is 0 Å². The molecule has 2 nitrogen and oxygen atoms in total. The van der Waals surface area contributed by atoms with Crippen LogP contribution >= 0.6 is 0 Å². The summed E-state index contributed by atoms with van der Waals surface area (Å²) in [5.74, 6) is 1.44. The lowest BCUT2D eigenvalue weighted by molar-refractivity contribution is -0.107. The van der Waals surface area contributed by atoms with Crippen LogP contribution in [0.2, 0.25) is 0 Å². The lowest BCUT2D eigenvalue weighted by Gasteiger charge is -2.49. The summed E-state index contributed by atoms with van der Waals surface area (Å²) < 4.78 is 0. The molecule has 2 fully saturated rings. The molecular weight excluding hydrogens is 210 g/mol. The summed E-state index contributed by atoms with van der Waals surface area (Å²) in [6, 6.07) is 2.51. The van der Waals surface area contributed by atoms with E-state index in [9.17, 15) is 10.4 Å². The van der Waals surface area contributed by atoms with Crippen molar-refractivity contribution < 1.29 is 5.11 Å². The van der Waals surface area contributed by atoms with Crippen molar-refractivity contribution in [1.82, 2.24) is 0 Å². The van der Waals surface area contributed by atoms with Crippen LogP contribution in [0, 0.1) is 28.6 Å². The van der Waals surface area contributed by atoms with Gasteiger partial charge in [0.05, 0.1) is 17.1 Å². The molecular formula is C15H25NO. The fourth-order valence-corrected chi connectivity index (χ4v) is 3.65. The summed E-state index contributed by atoms with van der Waals surface area (Å²) in [4.78, 5) is 0. The first-order valence-corrected chi connectivity index (χ1v) is 7.15. The van der Waals surface area contributed by atoms with Crippen molar-refractivity contribution in [3.63, 3.8) is 0 Å². The lowest BCUT2D eigenvalue weighted by atomic mass is 9.57. The van der Waals surface area contributed by atoms with Crippen molar-refractivity contribution in [2.45, 2.75) is 70.8 Å². The Balaban J connectivity index is 2.15. The normalized spacial score (nSPS) is 47.4. The summed E-state index contributed by atoms with van der Waals surface area (Å²) in [5, 5.41) is 20.5. The Bertz CT molecular complexity index is 301. The minimum absolute atomic E-state index is 0.445. The van der Waals surface area contributed by atoms with Crippen molar-refractivity contribution >= 4 is 0 Å². The first kappa shape index (κ1) is 12.9. The SMILES string of the molecule is CC1CCC(O)(C2(C#N)CCC(C)CC2)CC1. The van der Waals surface area contributed by atoms with E-state index in [0.29, 0.717) is 5.92 Å². The van der Waals surface area contributed by atoms with E-state index < -0.39 is 11.0 Å². The number of hydrogen-bond donors (Lipinski definition) is 1. The Morgan fingerprint density at radius 1 is 0.941 bits per heavy atom. The quantitative estimate of drug-likeness (QED) is 0.754. The first-order valence-electron chi connectivity index (χ1n) is 7.15. The van der Waals surface area contributed by atoms with Crippen LogP contribution in [-0.4, -0.2) is 10.7 Å². The zero-order valence-electron chi connectivity index (χ0n) is 11.2. The molecule has 96 valence electrons. The molecule has 0 aromatic rings. The van der Waals surface area contributed by atoms with Gasteiger partial charge in [-0.25, -0.2) is 0 Å². The predicted molar refractivity (Wildman–Crippen MR) is 68.3 cm³/mol. The maximum atomic E-state index is 10.9. The van der Waals surface area contributed by atoms with Gasteiger partial charge in [0.25, 0.3) is 0 Å². The zero-order chi connectivity index (χ0) is 12.5. The average Bonchev–Trinajstić information content (AvgIpc) is 2.34. The van der Waals surface area contributed by atoms with Gasteiger partial charge >= 0.3 is 0 Å². The molecule has 17 heavy (non-hydrogen) atoms. The van der Waals surface area contributed by atoms with Gasteiger partial charge in [-0.1, -0.05) is 13.8 Å². The highest BCUT2D eigenvalue weighted by Crippen LogP contribution is 2.52. The molecule has 0 heterocycles. The second-order valence-electron chi connectivity index (χ2n) is 6.59. The molecule has 0 saturated heterocycles. The Labute approximate surface area is 105 Å². The summed E-state index contributed by atoms with van der Waals surface area (Å²) in [6.07, 6.45) is 7.82. The van der Waals surface area contributed by atoms with Crippen molar-refractivity contribution in [2.24, 2.45) is 17.3 Å². The van der Waals surface area contributed by atoms with Gasteiger partial charge in [0.1, 0.15) is 0 Å². The van der Waals surface area contributed by atoms with Crippen LogP contribution in [0.4, 0.5) is 0 Å². The van der Waals surface area contributed by atoms with Crippen LogP contribution in [0.1, 0.15) is 65.2 Å². The lowest BCUT2D eigenvalue weighted by Crippen LogP contribution is -2.51. The molecule has 2 aliphatic carbocycles. The molecule has 0 radical (unpaired) electrons. The van der Waals surface area contributed by atoms with Crippen LogP contribution in [0.5, 0.6) is 0 Å². The fraction of sp³-hybridized carbons (Fsp3) is 0.933. The largest absolute Gasteiger partial charge is 0.388 e. The number of hydrogen-bond acceptors (Lipinski definition) is 2. The van der Waals surface area contributed by atoms with Gasteiger partial charge < -0.3 is 5.11 Å². The Hall–Kier alpha value is -0.550. The van der Waals surface area contributed by atoms with E-state index in [-0.39, 0.29) is 0 Å². The molecule has 1 N–H and O–H groups in total. The number of nitrogens with zero attached hydrogens (tertiary/aromatic N) is 1. The second kappa shape index (κ2) is 4.61. The number of rotatable bonds is 1. The van der Waals surface area contributed by atoms with Crippen molar-refractivity contribution in [3.8, 4) is 6.07 Å². The first-order chi connectivity index (χ1) is 8.01. The molecule has 2 saturated carbocycles. The molecule has 0 atom stereocenters. The molecule has 0 aliphatic heterocycles. The van der Waals surface area contributed by atoms with E-state index in [1.54, 1.807) is 0 Å². The monoisotopic (exact) mass is 235 g/mol. The van der Waals surface area contributed by atoms with Gasteiger partial charge in [-0.3, -0.25) is 0 Å². The maximum absolute atomic E-state index is 10.9. The van der Waals surface area contributed by atoms with E-state index in [2.05, 4.69) is 19.9 Å². The predicted octanol–water partition coefficient (Wildman–Crippen LogP) is 3.65. The molecule has 0 aromatic carbocycles. The third-order valence-electron chi connectivity index (χ3n) is 5.33. The minimum atomic E-state index is -0.700. The third kappa shape index (κ3) is 2.22. The van der Waals surface area contributed by atoms with Crippen LogP contribution in [0.15, 0.2) is 0 Å². The Kier molecular flexibility index (Phi) is 3.50. The van der Waals surface area contributed by atoms with Gasteiger partial charge in [0, 0.05) is 0 Å². The fourth-order valence-electron chi connectivity index (χ4n) is 3.65. The van der Waals surface area contributed by atoms with Crippen LogP contribution < -0.4 is 0 Å². The van der Waals surface area contributed by atoms with Crippen molar-refractivity contribution in [2.75, 3.05) is 0 Å². The van der Waals surface area contributed by atoms with Gasteiger partial charge in [-0.2, -0.15) is 5.26 Å². The van der Waals surface area contributed by atoms with Gasteiger partial charge in [-0.05, 0) is 63.2 Å². The Morgan fingerprint density at radius 3 is 1.76 bits per heavy atom. The van der Waals surface area contributed by atoms with Crippen LogP contribution in [0.3, 0.4) is 0 Å². The minimum Gasteiger partial charge on any atom is -0.388 e. The van der Waals surface area contributed by atoms with E-state index in [0.717, 1.165) is 57.3 Å². The van der Waals surface area contributed by atoms with Crippen LogP contribution in [-0.2, 0) is 0 Å². The van der Waals surface area contributed by atoms with E-state index in [1.807, 2.05) is 0 Å². The highest BCUT2D eigenvalue weighted by molar-refractivity contribution is 5.13. The molecule has 0 aromatic heterocycles. The van der Waals surface area contributed by atoms with Gasteiger partial charge in [0.15, 0.2) is 0 Å². The van der Waals surface area contributed by atoms with E-state index >= 15 is 0 Å². The summed E-state index contributed by atoms with van der Waals surface area (Å²) in [7, 11) is 0. The molecule has 2 rings (SSSR count). The van der Waals surface area contributed by atoms with E-state index in [4.69, 9.17) is 0 Å². The highest BCUT2D eigenvalue weighted by atomic mass is 16.3. The molecule has 0 amide bonds. The number of aliphatic hydroxyl groups is 1. The average molecular weight is 235 g/mol. The third-order valence-corrected chi connectivity index (χ3v) is 5.33. The molecule has 0 spiro atoms.